The second-order valence-corrected chi connectivity index (χ2v) is 12.6. The quantitative estimate of drug-likeness (QED) is 0.275. The minimum Gasteiger partial charge on any atom is -0.497 e. The summed E-state index contributed by atoms with van der Waals surface area (Å²) in [4.78, 5) is 28.6. The first-order chi connectivity index (χ1) is 19.3. The Morgan fingerprint density at radius 2 is 1.61 bits per heavy atom. The smallest absolute Gasteiger partial charge is 0.264 e. The minimum absolute atomic E-state index is 0.00564. The van der Waals surface area contributed by atoms with E-state index in [1.807, 2.05) is 20.8 Å². The second kappa shape index (κ2) is 14.1. The number of carbonyl (C=O) groups is 2. The van der Waals surface area contributed by atoms with Gasteiger partial charge in [0.2, 0.25) is 11.8 Å². The van der Waals surface area contributed by atoms with Gasteiger partial charge in [0.25, 0.3) is 10.0 Å². The highest BCUT2D eigenvalue weighted by atomic mass is 35.5. The van der Waals surface area contributed by atoms with Crippen molar-refractivity contribution in [3.63, 3.8) is 0 Å². The summed E-state index contributed by atoms with van der Waals surface area (Å²) in [5.74, 6) is -0.357. The molecule has 3 aromatic carbocycles. The Morgan fingerprint density at radius 3 is 2.20 bits per heavy atom. The maximum absolute atomic E-state index is 14.0. The molecule has 2 atom stereocenters. The molecular weight excluding hydrogens is 585 g/mol. The number of methoxy groups -OCH3 is 1. The van der Waals surface area contributed by atoms with Crippen molar-refractivity contribution in [2.45, 2.75) is 57.6 Å². The number of sulfonamides is 1. The van der Waals surface area contributed by atoms with Crippen LogP contribution in [0.2, 0.25) is 10.0 Å². The first kappa shape index (κ1) is 32.2. The average molecular weight is 621 g/mol. The summed E-state index contributed by atoms with van der Waals surface area (Å²) in [6.07, 6.45) is 0.709. The molecule has 41 heavy (non-hydrogen) atoms. The van der Waals surface area contributed by atoms with Gasteiger partial charge in [-0.15, -0.1) is 0 Å². The standard InChI is InChI=1S/C30H35Cl2N3O5S/c1-6-21(3)33-30(37)22(4)34(18-23-8-7-9-27(14-23)40-5)29(36)19-35(26-16-24(31)15-25(32)17-26)41(38,39)28-12-10-20(2)11-13-28/h7-17,21-22H,6,18-19H2,1-5H3,(H,33,37)/t21-,22-/m0/s1. The van der Waals surface area contributed by atoms with Gasteiger partial charge in [0.1, 0.15) is 18.3 Å². The number of rotatable bonds is 12. The molecule has 0 aromatic heterocycles. The van der Waals surface area contributed by atoms with Crippen molar-refractivity contribution in [1.29, 1.82) is 0 Å². The maximum Gasteiger partial charge on any atom is 0.264 e. The zero-order chi connectivity index (χ0) is 30.3. The SMILES string of the molecule is CC[C@H](C)NC(=O)[C@H](C)N(Cc1cccc(OC)c1)C(=O)CN(c1cc(Cl)cc(Cl)c1)S(=O)(=O)c1ccc(C)cc1. The molecule has 0 aliphatic rings. The highest BCUT2D eigenvalue weighted by molar-refractivity contribution is 7.92. The van der Waals surface area contributed by atoms with Crippen LogP contribution >= 0.6 is 23.2 Å². The number of aryl methyl sites for hydroxylation is 1. The highest BCUT2D eigenvalue weighted by Gasteiger charge is 2.33. The number of anilines is 1. The normalized spacial score (nSPS) is 12.8. The number of carbonyl (C=O) groups excluding carboxylic acids is 2. The van der Waals surface area contributed by atoms with E-state index in [9.17, 15) is 18.0 Å². The number of hydrogen-bond acceptors (Lipinski definition) is 5. The molecule has 8 nitrogen and oxygen atoms in total. The van der Waals surface area contributed by atoms with E-state index in [0.717, 1.165) is 9.87 Å². The van der Waals surface area contributed by atoms with Crippen LogP contribution in [-0.2, 0) is 26.2 Å². The molecule has 0 saturated heterocycles. The van der Waals surface area contributed by atoms with E-state index >= 15 is 0 Å². The molecule has 0 bridgehead atoms. The van der Waals surface area contributed by atoms with Crippen molar-refractivity contribution in [3.05, 3.63) is 87.9 Å². The fourth-order valence-corrected chi connectivity index (χ4v) is 5.98. The van der Waals surface area contributed by atoms with Crippen LogP contribution in [0.25, 0.3) is 0 Å². The van der Waals surface area contributed by atoms with Crippen LogP contribution in [0.1, 0.15) is 38.3 Å². The molecule has 0 unspecified atom stereocenters. The van der Waals surface area contributed by atoms with Crippen molar-refractivity contribution in [2.75, 3.05) is 18.0 Å². The number of halogens is 2. The Labute approximate surface area is 252 Å². The molecule has 0 aliphatic heterocycles. The summed E-state index contributed by atoms with van der Waals surface area (Å²) in [6, 6.07) is 16.7. The van der Waals surface area contributed by atoms with Gasteiger partial charge in [0.15, 0.2) is 0 Å². The fraction of sp³-hybridized carbons (Fsp3) is 0.333. The summed E-state index contributed by atoms with van der Waals surface area (Å²) in [7, 11) is -2.70. The number of amides is 2. The zero-order valence-electron chi connectivity index (χ0n) is 23.7. The van der Waals surface area contributed by atoms with Crippen molar-refractivity contribution in [3.8, 4) is 5.75 Å². The Hall–Kier alpha value is -3.27. The largest absolute Gasteiger partial charge is 0.497 e. The molecule has 1 N–H and O–H groups in total. The lowest BCUT2D eigenvalue weighted by molar-refractivity contribution is -0.139. The van der Waals surface area contributed by atoms with E-state index in [1.165, 1.54) is 42.3 Å². The second-order valence-electron chi connectivity index (χ2n) is 9.82. The molecule has 0 heterocycles. The minimum atomic E-state index is -4.24. The van der Waals surface area contributed by atoms with Gasteiger partial charge >= 0.3 is 0 Å². The van der Waals surface area contributed by atoms with Crippen LogP contribution in [0.5, 0.6) is 5.75 Å². The maximum atomic E-state index is 14.0. The fourth-order valence-electron chi connectivity index (χ4n) is 4.07. The van der Waals surface area contributed by atoms with E-state index in [2.05, 4.69) is 5.32 Å². The van der Waals surface area contributed by atoms with Crippen molar-refractivity contribution < 1.29 is 22.7 Å². The Balaban J connectivity index is 2.07. The molecule has 3 rings (SSSR count). The summed E-state index contributed by atoms with van der Waals surface area (Å²) >= 11 is 12.5. The lowest BCUT2D eigenvalue weighted by Gasteiger charge is -2.32. The molecule has 0 fully saturated rings. The average Bonchev–Trinajstić information content (AvgIpc) is 2.93. The van der Waals surface area contributed by atoms with Gasteiger partial charge in [-0.2, -0.15) is 0 Å². The number of nitrogens with zero attached hydrogens (tertiary/aromatic N) is 2. The molecule has 0 saturated carbocycles. The van der Waals surface area contributed by atoms with Gasteiger partial charge in [-0.05, 0) is 75.2 Å². The number of ether oxygens (including phenoxy) is 1. The van der Waals surface area contributed by atoms with Crippen molar-refractivity contribution in [1.82, 2.24) is 10.2 Å². The Bertz CT molecular complexity index is 1460. The molecule has 0 spiro atoms. The van der Waals surface area contributed by atoms with E-state index in [4.69, 9.17) is 27.9 Å². The van der Waals surface area contributed by atoms with Crippen LogP contribution in [0.4, 0.5) is 5.69 Å². The first-order valence-electron chi connectivity index (χ1n) is 13.1. The van der Waals surface area contributed by atoms with E-state index in [-0.39, 0.29) is 39.1 Å². The first-order valence-corrected chi connectivity index (χ1v) is 15.3. The van der Waals surface area contributed by atoms with Gasteiger partial charge in [0.05, 0.1) is 17.7 Å². The topological polar surface area (TPSA) is 96.0 Å². The van der Waals surface area contributed by atoms with Crippen LogP contribution in [0, 0.1) is 6.92 Å². The van der Waals surface area contributed by atoms with Crippen LogP contribution < -0.4 is 14.4 Å². The summed E-state index contributed by atoms with van der Waals surface area (Å²) < 4.78 is 34.1. The van der Waals surface area contributed by atoms with Crippen molar-refractivity contribution in [2.24, 2.45) is 0 Å². The predicted molar refractivity (Wildman–Crippen MR) is 163 cm³/mol. The predicted octanol–water partition coefficient (Wildman–Crippen LogP) is 5.84. The van der Waals surface area contributed by atoms with E-state index in [1.54, 1.807) is 43.3 Å². The van der Waals surface area contributed by atoms with Gasteiger partial charge < -0.3 is 15.0 Å². The van der Waals surface area contributed by atoms with Crippen LogP contribution in [-0.4, -0.2) is 50.9 Å². The Kier molecular flexibility index (Phi) is 11.1. The van der Waals surface area contributed by atoms with Crippen LogP contribution in [0.15, 0.2) is 71.6 Å². The van der Waals surface area contributed by atoms with Gasteiger partial charge in [-0.25, -0.2) is 8.42 Å². The molecule has 0 aliphatic carbocycles. The zero-order valence-corrected chi connectivity index (χ0v) is 26.1. The van der Waals surface area contributed by atoms with E-state index in [0.29, 0.717) is 17.7 Å². The monoisotopic (exact) mass is 619 g/mol. The molecule has 2 amide bonds. The molecule has 3 aromatic rings. The molecular formula is C30H35Cl2N3O5S. The molecule has 220 valence electrons. The number of hydrogen-bond donors (Lipinski definition) is 1. The summed E-state index contributed by atoms with van der Waals surface area (Å²) in [6.45, 7) is 6.72. The van der Waals surface area contributed by atoms with Crippen LogP contribution in [0.3, 0.4) is 0 Å². The van der Waals surface area contributed by atoms with Gasteiger partial charge in [0, 0.05) is 22.6 Å². The third-order valence-corrected chi connectivity index (χ3v) is 8.90. The third-order valence-electron chi connectivity index (χ3n) is 6.68. The third kappa shape index (κ3) is 8.38. The van der Waals surface area contributed by atoms with E-state index < -0.39 is 28.5 Å². The lowest BCUT2D eigenvalue weighted by Crippen LogP contribution is -2.52. The Morgan fingerprint density at radius 1 is 0.976 bits per heavy atom. The highest BCUT2D eigenvalue weighted by Crippen LogP contribution is 2.30. The number of benzene rings is 3. The lowest BCUT2D eigenvalue weighted by atomic mass is 10.1. The van der Waals surface area contributed by atoms with Gasteiger partial charge in [-0.3, -0.25) is 13.9 Å². The summed E-state index contributed by atoms with van der Waals surface area (Å²) in [5.41, 5.74) is 1.71. The van der Waals surface area contributed by atoms with Crippen molar-refractivity contribution >= 4 is 50.7 Å². The summed E-state index contributed by atoms with van der Waals surface area (Å²) in [5, 5.41) is 3.32. The number of nitrogens with one attached hydrogen (secondary N) is 1. The molecule has 11 heteroatoms. The molecule has 0 radical (unpaired) electrons. The van der Waals surface area contributed by atoms with Gasteiger partial charge in [-0.1, -0.05) is 60.0 Å².